The molecule has 1 rings (SSSR count). The maximum absolute atomic E-state index is 11.6. The molecule has 3 N–H and O–H groups in total. The van der Waals surface area contributed by atoms with Gasteiger partial charge in [-0.25, -0.2) is 4.79 Å². The molecule has 1 atom stereocenters. The second-order valence-corrected chi connectivity index (χ2v) is 5.89. The largest absolute Gasteiger partial charge is 0.444 e. The molecule has 0 radical (unpaired) electrons. The number of non-ortho nitro benzene ring substituents is 1. The lowest BCUT2D eigenvalue weighted by Crippen LogP contribution is -2.38. The molecule has 0 heterocycles. The highest BCUT2D eigenvalue weighted by molar-refractivity contribution is 5.68. The van der Waals surface area contributed by atoms with E-state index in [1.54, 1.807) is 27.7 Å². The molecule has 0 spiro atoms. The Morgan fingerprint density at radius 1 is 1.48 bits per heavy atom. The summed E-state index contributed by atoms with van der Waals surface area (Å²) in [5.74, 6) is 0. The predicted molar refractivity (Wildman–Crippen MR) is 80.0 cm³/mol. The first-order valence-corrected chi connectivity index (χ1v) is 6.61. The van der Waals surface area contributed by atoms with Crippen molar-refractivity contribution >= 4 is 17.5 Å². The smallest absolute Gasteiger partial charge is 0.407 e. The van der Waals surface area contributed by atoms with Crippen LogP contribution in [0, 0.1) is 10.1 Å². The van der Waals surface area contributed by atoms with Crippen molar-refractivity contribution in [2.45, 2.75) is 45.8 Å². The molecule has 0 aliphatic rings. The van der Waals surface area contributed by atoms with Crippen LogP contribution in [0.5, 0.6) is 0 Å². The van der Waals surface area contributed by atoms with Gasteiger partial charge >= 0.3 is 6.09 Å². The number of anilines is 1. The van der Waals surface area contributed by atoms with Crippen molar-refractivity contribution in [3.8, 4) is 0 Å². The van der Waals surface area contributed by atoms with Crippen LogP contribution in [0.3, 0.4) is 0 Å². The van der Waals surface area contributed by atoms with Crippen molar-refractivity contribution in [1.82, 2.24) is 5.32 Å². The molecule has 0 bridgehead atoms. The Morgan fingerprint density at radius 2 is 2.10 bits per heavy atom. The Morgan fingerprint density at radius 3 is 2.62 bits per heavy atom. The fraction of sp³-hybridized carbons (Fsp3) is 0.500. The van der Waals surface area contributed by atoms with E-state index in [1.165, 1.54) is 18.2 Å². The van der Waals surface area contributed by atoms with E-state index in [0.717, 1.165) is 0 Å². The van der Waals surface area contributed by atoms with Crippen LogP contribution in [0.4, 0.5) is 16.2 Å². The first-order valence-electron chi connectivity index (χ1n) is 6.61. The van der Waals surface area contributed by atoms with Crippen molar-refractivity contribution in [1.29, 1.82) is 0 Å². The Bertz CT molecular complexity index is 538. The average molecular weight is 295 g/mol. The van der Waals surface area contributed by atoms with Crippen molar-refractivity contribution in [2.24, 2.45) is 0 Å². The maximum Gasteiger partial charge on any atom is 0.407 e. The number of nitrogens with one attached hydrogen (secondary N) is 1. The number of benzene rings is 1. The van der Waals surface area contributed by atoms with Gasteiger partial charge in [-0.05, 0) is 45.7 Å². The first-order chi connectivity index (χ1) is 9.58. The normalized spacial score (nSPS) is 12.6. The minimum Gasteiger partial charge on any atom is -0.444 e. The Balaban J connectivity index is 2.70. The van der Waals surface area contributed by atoms with Gasteiger partial charge in [-0.15, -0.1) is 0 Å². The number of hydrogen-bond acceptors (Lipinski definition) is 5. The van der Waals surface area contributed by atoms with Crippen LogP contribution in [0.2, 0.25) is 0 Å². The minimum absolute atomic E-state index is 0.0244. The molecule has 0 aliphatic carbocycles. The lowest BCUT2D eigenvalue weighted by atomic mass is 10.0. The highest BCUT2D eigenvalue weighted by Gasteiger charge is 2.18. The van der Waals surface area contributed by atoms with Crippen molar-refractivity contribution in [2.75, 3.05) is 5.73 Å². The molecule has 1 aromatic carbocycles. The van der Waals surface area contributed by atoms with E-state index in [4.69, 9.17) is 10.5 Å². The van der Waals surface area contributed by atoms with Crippen LogP contribution in [-0.4, -0.2) is 22.7 Å². The first kappa shape index (κ1) is 16.7. The number of hydrogen-bond donors (Lipinski definition) is 2. The number of nitrogen functional groups attached to an aromatic ring is 1. The van der Waals surface area contributed by atoms with E-state index >= 15 is 0 Å². The Hall–Kier alpha value is -2.31. The standard InChI is InChI=1S/C14H21N3O4/c1-9(16-13(18)21-14(2,3)4)7-10-8-11(17(19)20)5-6-12(10)15/h5-6,8-9H,7,15H2,1-4H3,(H,16,18). The summed E-state index contributed by atoms with van der Waals surface area (Å²) >= 11 is 0. The van der Waals surface area contributed by atoms with E-state index < -0.39 is 16.6 Å². The van der Waals surface area contributed by atoms with Crippen LogP contribution < -0.4 is 11.1 Å². The summed E-state index contributed by atoms with van der Waals surface area (Å²) in [4.78, 5) is 21.9. The molecule has 1 amide bonds. The molecule has 21 heavy (non-hydrogen) atoms. The minimum atomic E-state index is -0.575. The molecule has 0 aromatic heterocycles. The van der Waals surface area contributed by atoms with E-state index in [2.05, 4.69) is 5.32 Å². The number of nitrogens with zero attached hydrogens (tertiary/aromatic N) is 1. The lowest BCUT2D eigenvalue weighted by Gasteiger charge is -2.22. The predicted octanol–water partition coefficient (Wildman–Crippen LogP) is 2.63. The van der Waals surface area contributed by atoms with Crippen molar-refractivity contribution in [3.05, 3.63) is 33.9 Å². The van der Waals surface area contributed by atoms with Gasteiger partial charge in [0.2, 0.25) is 0 Å². The third-order valence-corrected chi connectivity index (χ3v) is 2.63. The van der Waals surface area contributed by atoms with Crippen LogP contribution >= 0.6 is 0 Å². The lowest BCUT2D eigenvalue weighted by molar-refractivity contribution is -0.384. The number of rotatable bonds is 4. The quantitative estimate of drug-likeness (QED) is 0.504. The summed E-state index contributed by atoms with van der Waals surface area (Å²) in [6, 6.07) is 4.00. The number of nitro groups is 1. The topological polar surface area (TPSA) is 107 Å². The van der Waals surface area contributed by atoms with Crippen LogP contribution in [-0.2, 0) is 11.2 Å². The summed E-state index contributed by atoms with van der Waals surface area (Å²) in [5.41, 5.74) is 6.28. The number of carbonyl (C=O) groups is 1. The second kappa shape index (κ2) is 6.43. The average Bonchev–Trinajstić information content (AvgIpc) is 2.28. The number of amides is 1. The summed E-state index contributed by atoms with van der Waals surface area (Å²) in [5, 5.41) is 13.4. The second-order valence-electron chi connectivity index (χ2n) is 5.89. The zero-order chi connectivity index (χ0) is 16.2. The van der Waals surface area contributed by atoms with Crippen LogP contribution in [0.1, 0.15) is 33.3 Å². The van der Waals surface area contributed by atoms with Gasteiger partial charge in [0.15, 0.2) is 0 Å². The van der Waals surface area contributed by atoms with Gasteiger partial charge in [0.1, 0.15) is 5.60 Å². The number of nitrogens with two attached hydrogens (primary N) is 1. The van der Waals surface area contributed by atoms with E-state index in [9.17, 15) is 14.9 Å². The van der Waals surface area contributed by atoms with Gasteiger partial charge in [0, 0.05) is 23.9 Å². The molecule has 1 aromatic rings. The molecule has 1 unspecified atom stereocenters. The zero-order valence-electron chi connectivity index (χ0n) is 12.7. The van der Waals surface area contributed by atoms with E-state index in [1.807, 2.05) is 0 Å². The number of ether oxygens (including phenoxy) is 1. The van der Waals surface area contributed by atoms with Gasteiger partial charge in [-0.3, -0.25) is 10.1 Å². The van der Waals surface area contributed by atoms with Crippen LogP contribution in [0.15, 0.2) is 18.2 Å². The summed E-state index contributed by atoms with van der Waals surface area (Å²) in [6.07, 6.45) is -0.147. The molecule has 0 fully saturated rings. The number of alkyl carbamates (subject to hydrolysis) is 1. The van der Waals surface area contributed by atoms with Gasteiger partial charge in [0.25, 0.3) is 5.69 Å². The third kappa shape index (κ3) is 5.68. The summed E-state index contributed by atoms with van der Waals surface area (Å²) < 4.78 is 5.15. The van der Waals surface area contributed by atoms with Crippen LogP contribution in [0.25, 0.3) is 0 Å². The molecule has 0 saturated carbocycles. The Kier molecular flexibility index (Phi) is 5.12. The number of carbonyl (C=O) groups excluding carboxylic acids is 1. The van der Waals surface area contributed by atoms with Crippen molar-refractivity contribution < 1.29 is 14.5 Å². The molecule has 7 nitrogen and oxygen atoms in total. The molecule has 0 saturated heterocycles. The highest BCUT2D eigenvalue weighted by atomic mass is 16.6. The van der Waals surface area contributed by atoms with Gasteiger partial charge in [-0.2, -0.15) is 0 Å². The monoisotopic (exact) mass is 295 g/mol. The molecular formula is C14H21N3O4. The molecule has 116 valence electrons. The third-order valence-electron chi connectivity index (χ3n) is 2.63. The fourth-order valence-electron chi connectivity index (χ4n) is 1.77. The fourth-order valence-corrected chi connectivity index (χ4v) is 1.77. The maximum atomic E-state index is 11.6. The summed E-state index contributed by atoms with van der Waals surface area (Å²) in [7, 11) is 0. The zero-order valence-corrected chi connectivity index (χ0v) is 12.7. The Labute approximate surface area is 123 Å². The molecule has 0 aliphatic heterocycles. The van der Waals surface area contributed by atoms with Gasteiger partial charge < -0.3 is 15.8 Å². The SMILES string of the molecule is CC(Cc1cc([N+](=O)[O-])ccc1N)NC(=O)OC(C)(C)C. The van der Waals surface area contributed by atoms with E-state index in [0.29, 0.717) is 17.7 Å². The van der Waals surface area contributed by atoms with Crippen molar-refractivity contribution in [3.63, 3.8) is 0 Å². The number of nitro benzene ring substituents is 1. The molecule has 7 heteroatoms. The summed E-state index contributed by atoms with van der Waals surface area (Å²) in [6.45, 7) is 7.10. The van der Waals surface area contributed by atoms with Gasteiger partial charge in [-0.1, -0.05) is 0 Å². The van der Waals surface area contributed by atoms with E-state index in [-0.39, 0.29) is 11.7 Å². The highest BCUT2D eigenvalue weighted by Crippen LogP contribution is 2.21. The van der Waals surface area contributed by atoms with Gasteiger partial charge in [0.05, 0.1) is 4.92 Å². The molecular weight excluding hydrogens is 274 g/mol.